The van der Waals surface area contributed by atoms with Crippen LogP contribution < -0.4 is 15.8 Å². The predicted molar refractivity (Wildman–Crippen MR) is 120 cm³/mol. The molecule has 0 spiro atoms. The van der Waals surface area contributed by atoms with Crippen LogP contribution in [-0.4, -0.2) is 21.7 Å². The standard InChI is InChI=1S/C24H23N5O/c1-16-6-5-7-18(14-16)29-24-21(23(26)27-15-28-24)22(25)17-10-12-20(13-11-17)30-19-8-3-2-4-9-19/h2-6,8-15,18,25H,7H2,1H3,(H3,26,27,28,29). The van der Waals surface area contributed by atoms with Gasteiger partial charge < -0.3 is 15.8 Å². The third kappa shape index (κ3) is 4.38. The maximum Gasteiger partial charge on any atom is 0.141 e. The number of ether oxygens (including phenoxy) is 1. The van der Waals surface area contributed by atoms with Crippen molar-refractivity contribution in [2.45, 2.75) is 19.4 Å². The van der Waals surface area contributed by atoms with Crippen molar-refractivity contribution in [3.8, 4) is 11.5 Å². The second kappa shape index (κ2) is 8.61. The number of para-hydroxylation sites is 1. The Morgan fingerprint density at radius 1 is 1.07 bits per heavy atom. The first kappa shape index (κ1) is 19.4. The lowest BCUT2D eigenvalue weighted by atomic mass is 10.0. The normalized spacial score (nSPS) is 15.4. The van der Waals surface area contributed by atoms with Gasteiger partial charge in [0.1, 0.15) is 29.5 Å². The van der Waals surface area contributed by atoms with Gasteiger partial charge in [0.15, 0.2) is 0 Å². The fourth-order valence-electron chi connectivity index (χ4n) is 3.33. The molecule has 0 amide bonds. The Bertz CT molecular complexity index is 1100. The molecule has 1 unspecified atom stereocenters. The zero-order valence-electron chi connectivity index (χ0n) is 16.7. The van der Waals surface area contributed by atoms with Gasteiger partial charge in [-0.05, 0) is 49.7 Å². The summed E-state index contributed by atoms with van der Waals surface area (Å²) in [6, 6.07) is 17.0. The van der Waals surface area contributed by atoms with Crippen LogP contribution in [0.1, 0.15) is 24.5 Å². The van der Waals surface area contributed by atoms with Crippen molar-refractivity contribution in [3.05, 3.63) is 95.9 Å². The highest BCUT2D eigenvalue weighted by Crippen LogP contribution is 2.26. The Morgan fingerprint density at radius 2 is 1.80 bits per heavy atom. The van der Waals surface area contributed by atoms with Gasteiger partial charge in [0.25, 0.3) is 0 Å². The van der Waals surface area contributed by atoms with Crippen LogP contribution in [0.4, 0.5) is 11.6 Å². The number of allylic oxidation sites excluding steroid dienone is 2. The molecule has 0 saturated carbocycles. The number of rotatable bonds is 6. The molecule has 6 nitrogen and oxygen atoms in total. The van der Waals surface area contributed by atoms with Crippen molar-refractivity contribution in [1.82, 2.24) is 9.97 Å². The summed E-state index contributed by atoms with van der Waals surface area (Å²) in [5, 5.41) is 12.1. The summed E-state index contributed by atoms with van der Waals surface area (Å²) < 4.78 is 5.83. The summed E-state index contributed by atoms with van der Waals surface area (Å²) in [7, 11) is 0. The van der Waals surface area contributed by atoms with Gasteiger partial charge in [-0.3, -0.25) is 5.41 Å². The maximum atomic E-state index is 8.73. The van der Waals surface area contributed by atoms with Crippen molar-refractivity contribution in [3.63, 3.8) is 0 Å². The van der Waals surface area contributed by atoms with E-state index in [1.165, 1.54) is 11.9 Å². The van der Waals surface area contributed by atoms with Crippen molar-refractivity contribution >= 4 is 17.3 Å². The van der Waals surface area contributed by atoms with Crippen molar-refractivity contribution < 1.29 is 4.74 Å². The minimum absolute atomic E-state index is 0.0949. The second-order valence-electron chi connectivity index (χ2n) is 7.10. The van der Waals surface area contributed by atoms with E-state index in [-0.39, 0.29) is 17.6 Å². The van der Waals surface area contributed by atoms with Gasteiger partial charge in [-0.2, -0.15) is 0 Å². The number of nitrogens with one attached hydrogen (secondary N) is 2. The van der Waals surface area contributed by atoms with E-state index in [2.05, 4.69) is 40.4 Å². The third-order valence-corrected chi connectivity index (χ3v) is 4.81. The Kier molecular flexibility index (Phi) is 5.57. The lowest BCUT2D eigenvalue weighted by Gasteiger charge is -2.20. The monoisotopic (exact) mass is 397 g/mol. The maximum absolute atomic E-state index is 8.73. The van der Waals surface area contributed by atoms with Gasteiger partial charge in [0.05, 0.1) is 11.3 Å². The number of hydrogen-bond acceptors (Lipinski definition) is 6. The van der Waals surface area contributed by atoms with E-state index < -0.39 is 0 Å². The highest BCUT2D eigenvalue weighted by Gasteiger charge is 2.18. The minimum atomic E-state index is 0.0949. The zero-order valence-corrected chi connectivity index (χ0v) is 16.7. The van der Waals surface area contributed by atoms with E-state index in [9.17, 15) is 0 Å². The van der Waals surface area contributed by atoms with E-state index in [1.54, 1.807) is 0 Å². The molecule has 0 bridgehead atoms. The quantitative estimate of drug-likeness (QED) is 0.511. The van der Waals surface area contributed by atoms with Crippen molar-refractivity contribution in [2.75, 3.05) is 11.1 Å². The Labute approximate surface area is 175 Å². The molecule has 1 heterocycles. The van der Waals surface area contributed by atoms with Gasteiger partial charge >= 0.3 is 0 Å². The molecule has 4 N–H and O–H groups in total. The first-order valence-electron chi connectivity index (χ1n) is 9.74. The molecule has 150 valence electrons. The van der Waals surface area contributed by atoms with Crippen LogP contribution in [0.25, 0.3) is 0 Å². The molecule has 0 saturated heterocycles. The summed E-state index contributed by atoms with van der Waals surface area (Å²) in [4.78, 5) is 8.46. The van der Waals surface area contributed by atoms with Gasteiger partial charge in [0.2, 0.25) is 0 Å². The second-order valence-corrected chi connectivity index (χ2v) is 7.10. The molecule has 6 heteroatoms. The Balaban J connectivity index is 1.56. The number of hydrogen-bond donors (Lipinski definition) is 3. The Hall–Kier alpha value is -3.93. The molecule has 30 heavy (non-hydrogen) atoms. The highest BCUT2D eigenvalue weighted by atomic mass is 16.5. The number of nitrogen functional groups attached to an aromatic ring is 1. The topological polar surface area (TPSA) is 96.9 Å². The number of nitrogens with two attached hydrogens (primary N) is 1. The van der Waals surface area contributed by atoms with Crippen molar-refractivity contribution in [2.24, 2.45) is 0 Å². The van der Waals surface area contributed by atoms with E-state index in [1.807, 2.05) is 54.6 Å². The van der Waals surface area contributed by atoms with Crippen LogP contribution in [0, 0.1) is 5.41 Å². The van der Waals surface area contributed by atoms with Gasteiger partial charge in [0, 0.05) is 11.6 Å². The molecule has 0 aliphatic heterocycles. The summed E-state index contributed by atoms with van der Waals surface area (Å²) in [6.45, 7) is 2.06. The molecule has 0 radical (unpaired) electrons. The summed E-state index contributed by atoms with van der Waals surface area (Å²) in [5.41, 5.74) is 8.78. The van der Waals surface area contributed by atoms with Crippen LogP contribution in [0.5, 0.6) is 11.5 Å². The molecule has 3 aromatic rings. The fraction of sp³-hybridized carbons (Fsp3) is 0.125. The largest absolute Gasteiger partial charge is 0.457 e. The first-order valence-corrected chi connectivity index (χ1v) is 9.74. The van der Waals surface area contributed by atoms with E-state index in [0.29, 0.717) is 22.7 Å². The van der Waals surface area contributed by atoms with Gasteiger partial charge in [-0.25, -0.2) is 9.97 Å². The average molecular weight is 397 g/mol. The Morgan fingerprint density at radius 3 is 2.53 bits per heavy atom. The van der Waals surface area contributed by atoms with E-state index in [4.69, 9.17) is 15.9 Å². The van der Waals surface area contributed by atoms with Gasteiger partial charge in [-0.1, -0.05) is 42.0 Å². The van der Waals surface area contributed by atoms with Crippen LogP contribution in [0.2, 0.25) is 0 Å². The molecule has 0 fully saturated rings. The molecular weight excluding hydrogens is 374 g/mol. The molecule has 1 aliphatic rings. The summed E-state index contributed by atoms with van der Waals surface area (Å²) in [6.07, 6.45) is 8.62. The van der Waals surface area contributed by atoms with E-state index >= 15 is 0 Å². The molecule has 4 rings (SSSR count). The lowest BCUT2D eigenvalue weighted by Crippen LogP contribution is -2.22. The van der Waals surface area contributed by atoms with Crippen molar-refractivity contribution in [1.29, 1.82) is 5.41 Å². The fourth-order valence-corrected chi connectivity index (χ4v) is 3.33. The van der Waals surface area contributed by atoms with Crippen LogP contribution >= 0.6 is 0 Å². The van der Waals surface area contributed by atoms with Crippen LogP contribution in [-0.2, 0) is 0 Å². The number of anilines is 2. The lowest BCUT2D eigenvalue weighted by molar-refractivity contribution is 0.482. The smallest absolute Gasteiger partial charge is 0.141 e. The number of aromatic nitrogens is 2. The molecule has 1 aliphatic carbocycles. The van der Waals surface area contributed by atoms with E-state index in [0.717, 1.165) is 12.2 Å². The molecule has 1 aromatic heterocycles. The first-order chi connectivity index (χ1) is 14.6. The van der Waals surface area contributed by atoms with Crippen LogP contribution in [0.3, 0.4) is 0 Å². The summed E-state index contributed by atoms with van der Waals surface area (Å²) in [5.74, 6) is 2.29. The zero-order chi connectivity index (χ0) is 20.9. The van der Waals surface area contributed by atoms with Gasteiger partial charge in [-0.15, -0.1) is 0 Å². The minimum Gasteiger partial charge on any atom is -0.457 e. The average Bonchev–Trinajstić information content (AvgIpc) is 2.75. The summed E-state index contributed by atoms with van der Waals surface area (Å²) >= 11 is 0. The SMILES string of the molecule is CC1=CC(Nc2ncnc(N)c2C(=N)c2ccc(Oc3ccccc3)cc2)CC=C1. The number of benzene rings is 2. The molecule has 2 aromatic carbocycles. The molecular formula is C24H23N5O. The third-order valence-electron chi connectivity index (χ3n) is 4.81. The molecule has 1 atom stereocenters. The highest BCUT2D eigenvalue weighted by molar-refractivity contribution is 6.16. The van der Waals surface area contributed by atoms with Crippen LogP contribution in [0.15, 0.2) is 84.7 Å². The number of nitrogens with zero attached hydrogens (tertiary/aromatic N) is 2. The predicted octanol–water partition coefficient (Wildman–Crippen LogP) is 4.95.